The number of rotatable bonds is 6. The molecule has 0 aliphatic carbocycles. The Balaban J connectivity index is 1.65. The van der Waals surface area contributed by atoms with Gasteiger partial charge in [-0.3, -0.25) is 9.69 Å². The summed E-state index contributed by atoms with van der Waals surface area (Å²) in [6.07, 6.45) is 4.64. The second kappa shape index (κ2) is 9.97. The number of halogens is 1. The average molecular weight is 528 g/mol. The van der Waals surface area contributed by atoms with Crippen molar-refractivity contribution >= 4 is 51.1 Å². The van der Waals surface area contributed by atoms with Crippen LogP contribution in [0, 0.1) is 0 Å². The Labute approximate surface area is 202 Å². The lowest BCUT2D eigenvalue weighted by molar-refractivity contribution is -0.122. The van der Waals surface area contributed by atoms with E-state index < -0.39 is 0 Å². The monoisotopic (exact) mass is 527 g/mol. The van der Waals surface area contributed by atoms with E-state index in [0.717, 1.165) is 16.2 Å². The normalized spacial score (nSPS) is 16.4. The number of thioether (sulfide) groups is 1. The Hall–Kier alpha value is -3.50. The molecule has 10 heteroatoms. The number of nitrogens with zero attached hydrogens (tertiary/aromatic N) is 3. The highest BCUT2D eigenvalue weighted by Gasteiger charge is 2.34. The van der Waals surface area contributed by atoms with Crippen molar-refractivity contribution in [2.45, 2.75) is 6.54 Å². The number of hydrogen-bond donors (Lipinski definition) is 2. The number of aromatic hydroxyl groups is 2. The highest BCUT2D eigenvalue weighted by atomic mass is 79.9. The van der Waals surface area contributed by atoms with E-state index in [1.54, 1.807) is 48.5 Å². The van der Waals surface area contributed by atoms with Gasteiger partial charge < -0.3 is 19.4 Å². The zero-order valence-corrected chi connectivity index (χ0v) is 19.7. The van der Waals surface area contributed by atoms with Crippen molar-refractivity contribution in [3.63, 3.8) is 0 Å². The molecule has 4 rings (SSSR count). The van der Waals surface area contributed by atoms with Crippen molar-refractivity contribution in [3.05, 3.63) is 81.1 Å². The maximum absolute atomic E-state index is 13.1. The number of furan rings is 1. The predicted octanol–water partition coefficient (Wildman–Crippen LogP) is 4.97. The van der Waals surface area contributed by atoms with Crippen molar-refractivity contribution in [1.29, 1.82) is 0 Å². The van der Waals surface area contributed by atoms with Gasteiger partial charge in [0.15, 0.2) is 16.7 Å². The fourth-order valence-corrected chi connectivity index (χ4v) is 4.30. The fourth-order valence-electron chi connectivity index (χ4n) is 2.99. The molecule has 2 N–H and O–H groups in total. The number of phenols is 2. The number of methoxy groups -OCH3 is 1. The van der Waals surface area contributed by atoms with Gasteiger partial charge in [-0.1, -0.05) is 22.0 Å². The molecular weight excluding hydrogens is 510 g/mol. The first-order chi connectivity index (χ1) is 15.9. The molecule has 1 saturated heterocycles. The van der Waals surface area contributed by atoms with E-state index in [9.17, 15) is 15.0 Å². The minimum Gasteiger partial charge on any atom is -0.507 e. The van der Waals surface area contributed by atoms with Crippen LogP contribution in [-0.2, 0) is 11.3 Å². The van der Waals surface area contributed by atoms with Gasteiger partial charge in [0.05, 0.1) is 31.0 Å². The maximum atomic E-state index is 13.1. The zero-order valence-electron chi connectivity index (χ0n) is 17.3. The van der Waals surface area contributed by atoms with E-state index >= 15 is 0 Å². The molecule has 33 heavy (non-hydrogen) atoms. The summed E-state index contributed by atoms with van der Waals surface area (Å²) in [5.74, 6) is 0.712. The van der Waals surface area contributed by atoms with Gasteiger partial charge in [-0.05, 0) is 65.9 Å². The largest absolute Gasteiger partial charge is 0.507 e. The first kappa shape index (κ1) is 22.7. The lowest BCUT2D eigenvalue weighted by Gasteiger charge is -2.12. The number of carbonyl (C=O) groups is 1. The van der Waals surface area contributed by atoms with Gasteiger partial charge in [-0.15, -0.1) is 5.10 Å². The highest BCUT2D eigenvalue weighted by molar-refractivity contribution is 9.10. The Morgan fingerprint density at radius 3 is 2.76 bits per heavy atom. The Morgan fingerprint density at radius 1 is 1.18 bits per heavy atom. The standard InChI is InChI=1S/C23H18BrN3O5S/c1-31-20-9-14(4-6-19(20)29)10-21-22(30)27(13-17-3-2-8-32-17)23(33-21)26-25-12-15-11-16(24)5-7-18(15)28/h2-12,28-29H,13H2,1H3/b21-10-,25-12+,26-23-. The molecule has 1 fully saturated rings. The molecule has 1 aliphatic rings. The number of hydrogen-bond acceptors (Lipinski definition) is 8. The number of carbonyl (C=O) groups excluding carboxylic acids is 1. The van der Waals surface area contributed by atoms with Crippen LogP contribution in [0.5, 0.6) is 17.2 Å². The molecule has 8 nitrogen and oxygen atoms in total. The summed E-state index contributed by atoms with van der Waals surface area (Å²) in [6, 6.07) is 13.3. The van der Waals surface area contributed by atoms with Gasteiger partial charge in [0.1, 0.15) is 11.5 Å². The van der Waals surface area contributed by atoms with Crippen LogP contribution in [-0.4, -0.2) is 39.5 Å². The van der Waals surface area contributed by atoms with Crippen LogP contribution in [0.2, 0.25) is 0 Å². The third-order valence-corrected chi connectivity index (χ3v) is 6.10. The van der Waals surface area contributed by atoms with Crippen molar-refractivity contribution in [2.75, 3.05) is 7.11 Å². The number of amides is 1. The third-order valence-electron chi connectivity index (χ3n) is 4.61. The van der Waals surface area contributed by atoms with Crippen molar-refractivity contribution in [3.8, 4) is 17.2 Å². The van der Waals surface area contributed by atoms with Crippen molar-refractivity contribution < 1.29 is 24.2 Å². The predicted molar refractivity (Wildman–Crippen MR) is 130 cm³/mol. The summed E-state index contributed by atoms with van der Waals surface area (Å²) in [6.45, 7) is 0.186. The molecule has 1 aromatic heterocycles. The highest BCUT2D eigenvalue weighted by Crippen LogP contribution is 2.35. The van der Waals surface area contributed by atoms with Crippen LogP contribution < -0.4 is 4.74 Å². The summed E-state index contributed by atoms with van der Waals surface area (Å²) >= 11 is 4.51. The van der Waals surface area contributed by atoms with Crippen LogP contribution >= 0.6 is 27.7 Å². The lowest BCUT2D eigenvalue weighted by atomic mass is 10.2. The minimum absolute atomic E-state index is 0.0110. The molecule has 2 aromatic carbocycles. The van der Waals surface area contributed by atoms with E-state index in [2.05, 4.69) is 26.1 Å². The molecule has 0 unspecified atom stereocenters. The second-order valence-corrected chi connectivity index (χ2v) is 8.77. The second-order valence-electron chi connectivity index (χ2n) is 6.84. The van der Waals surface area contributed by atoms with E-state index in [0.29, 0.717) is 32.7 Å². The number of ether oxygens (including phenoxy) is 1. The van der Waals surface area contributed by atoms with Gasteiger partial charge in [0.2, 0.25) is 0 Å². The van der Waals surface area contributed by atoms with E-state index in [4.69, 9.17) is 9.15 Å². The zero-order chi connectivity index (χ0) is 23.4. The van der Waals surface area contributed by atoms with Gasteiger partial charge in [0.25, 0.3) is 5.91 Å². The molecule has 1 aliphatic heterocycles. The molecule has 0 spiro atoms. The number of amidine groups is 1. The first-order valence-electron chi connectivity index (χ1n) is 9.65. The Kier molecular flexibility index (Phi) is 6.85. The molecule has 0 atom stereocenters. The summed E-state index contributed by atoms with van der Waals surface area (Å²) in [5.41, 5.74) is 1.16. The van der Waals surface area contributed by atoms with Crippen LogP contribution in [0.4, 0.5) is 0 Å². The third kappa shape index (κ3) is 5.29. The molecule has 0 radical (unpaired) electrons. The number of phenolic OH excluding ortho intramolecular Hbond substituents is 2. The van der Waals surface area contributed by atoms with Crippen molar-refractivity contribution in [2.24, 2.45) is 10.2 Å². The lowest BCUT2D eigenvalue weighted by Crippen LogP contribution is -2.28. The fraction of sp³-hybridized carbons (Fsp3) is 0.0870. The van der Waals surface area contributed by atoms with E-state index in [-0.39, 0.29) is 24.0 Å². The molecule has 2 heterocycles. The van der Waals surface area contributed by atoms with Gasteiger partial charge in [0, 0.05) is 10.0 Å². The smallest absolute Gasteiger partial charge is 0.267 e. The summed E-state index contributed by atoms with van der Waals surface area (Å²) < 4.78 is 11.3. The Morgan fingerprint density at radius 2 is 2.00 bits per heavy atom. The van der Waals surface area contributed by atoms with Crippen LogP contribution in [0.15, 0.2) is 78.8 Å². The van der Waals surface area contributed by atoms with Gasteiger partial charge in [-0.2, -0.15) is 5.10 Å². The minimum atomic E-state index is -0.261. The molecular formula is C23H18BrN3O5S. The van der Waals surface area contributed by atoms with Gasteiger partial charge in [-0.25, -0.2) is 0 Å². The molecule has 3 aromatic rings. The molecule has 0 saturated carbocycles. The average Bonchev–Trinajstić information content (AvgIpc) is 3.41. The molecule has 1 amide bonds. The quantitative estimate of drug-likeness (QED) is 0.266. The van der Waals surface area contributed by atoms with E-state index in [1.165, 1.54) is 30.6 Å². The molecule has 168 valence electrons. The summed E-state index contributed by atoms with van der Waals surface area (Å²) in [7, 11) is 1.46. The van der Waals surface area contributed by atoms with Crippen LogP contribution in [0.25, 0.3) is 6.08 Å². The first-order valence-corrected chi connectivity index (χ1v) is 11.3. The number of benzene rings is 2. The molecule has 0 bridgehead atoms. The SMILES string of the molecule is COc1cc(/C=C2\S/C(=N\N=C\c3cc(Br)ccc3O)N(Cc3ccco3)C2=O)ccc1O. The summed E-state index contributed by atoms with van der Waals surface area (Å²) in [5, 5.41) is 28.5. The van der Waals surface area contributed by atoms with Crippen molar-refractivity contribution in [1.82, 2.24) is 4.90 Å². The van der Waals surface area contributed by atoms with E-state index in [1.807, 2.05) is 0 Å². The maximum Gasteiger partial charge on any atom is 0.267 e. The topological polar surface area (TPSA) is 108 Å². The van der Waals surface area contributed by atoms with Crippen LogP contribution in [0.1, 0.15) is 16.9 Å². The summed E-state index contributed by atoms with van der Waals surface area (Å²) in [4.78, 5) is 15.0. The Bertz CT molecular complexity index is 1270. The van der Waals surface area contributed by atoms with Gasteiger partial charge >= 0.3 is 0 Å². The van der Waals surface area contributed by atoms with Crippen LogP contribution in [0.3, 0.4) is 0 Å².